The summed E-state index contributed by atoms with van der Waals surface area (Å²) in [6.45, 7) is 2.88. The van der Waals surface area contributed by atoms with Crippen molar-refractivity contribution in [2.45, 2.75) is 19.1 Å². The van der Waals surface area contributed by atoms with Crippen molar-refractivity contribution < 1.29 is 13.9 Å². The number of nitrogens with one attached hydrogen (secondary N) is 1. The molecular weight excluding hydrogens is 303 g/mol. The van der Waals surface area contributed by atoms with Crippen molar-refractivity contribution in [3.8, 4) is 0 Å². The molecule has 2 atom stereocenters. The van der Waals surface area contributed by atoms with Crippen LogP contribution in [0.1, 0.15) is 18.6 Å². The maximum Gasteiger partial charge on any atom is 0.322 e. The molecule has 6 heteroatoms. The molecule has 0 unspecified atom stereocenters. The Kier molecular flexibility index (Phi) is 4.40. The maximum atomic E-state index is 13.6. The van der Waals surface area contributed by atoms with Gasteiger partial charge in [-0.15, -0.1) is 0 Å². The minimum Gasteiger partial charge on any atom is -0.367 e. The molecule has 0 saturated carbocycles. The Hall–Kier alpha value is -1.92. The van der Waals surface area contributed by atoms with Crippen LogP contribution in [0.4, 0.5) is 14.9 Å². The lowest BCUT2D eigenvalue weighted by molar-refractivity contribution is -0.0640. The van der Waals surface area contributed by atoms with Crippen LogP contribution >= 0.6 is 11.3 Å². The van der Waals surface area contributed by atoms with E-state index in [9.17, 15) is 9.18 Å². The number of morpholine rings is 1. The molecule has 4 nitrogen and oxygen atoms in total. The number of carbonyl (C=O) groups is 1. The van der Waals surface area contributed by atoms with E-state index in [0.717, 1.165) is 5.56 Å². The Morgan fingerprint density at radius 3 is 2.91 bits per heavy atom. The highest BCUT2D eigenvalue weighted by atomic mass is 32.1. The first kappa shape index (κ1) is 15.0. The molecule has 2 aromatic rings. The van der Waals surface area contributed by atoms with Crippen LogP contribution in [0.3, 0.4) is 0 Å². The van der Waals surface area contributed by atoms with Crippen molar-refractivity contribution >= 4 is 23.1 Å². The summed E-state index contributed by atoms with van der Waals surface area (Å²) in [4.78, 5) is 14.0. The van der Waals surface area contributed by atoms with E-state index in [1.54, 1.807) is 34.4 Å². The lowest BCUT2D eigenvalue weighted by Gasteiger charge is -2.36. The highest BCUT2D eigenvalue weighted by molar-refractivity contribution is 7.07. The van der Waals surface area contributed by atoms with E-state index < -0.39 is 5.82 Å². The fourth-order valence-corrected chi connectivity index (χ4v) is 3.22. The molecule has 0 aliphatic carbocycles. The molecule has 22 heavy (non-hydrogen) atoms. The molecule has 116 valence electrons. The molecule has 2 heterocycles. The summed E-state index contributed by atoms with van der Waals surface area (Å²) in [6.07, 6.45) is -0.202. The van der Waals surface area contributed by atoms with Gasteiger partial charge in [0.2, 0.25) is 0 Å². The van der Waals surface area contributed by atoms with E-state index in [1.165, 1.54) is 6.07 Å². The predicted octanol–water partition coefficient (Wildman–Crippen LogP) is 3.88. The number of ether oxygens (including phenoxy) is 1. The quantitative estimate of drug-likeness (QED) is 0.912. The lowest BCUT2D eigenvalue weighted by Crippen LogP contribution is -2.47. The molecule has 0 radical (unpaired) electrons. The summed E-state index contributed by atoms with van der Waals surface area (Å²) in [5.74, 6) is -0.438. The standard InChI is InChI=1S/C16H17FN2O2S/c1-11-8-19(9-15(21-11)12-6-7-22-10-12)16(20)18-14-5-3-2-4-13(14)17/h2-7,10-11,15H,8-9H2,1H3,(H,18,20)/t11-,15-/m0/s1. The molecule has 2 amide bonds. The Morgan fingerprint density at radius 2 is 2.18 bits per heavy atom. The highest BCUT2D eigenvalue weighted by Gasteiger charge is 2.29. The van der Waals surface area contributed by atoms with Gasteiger partial charge in [0.05, 0.1) is 18.3 Å². The zero-order valence-electron chi connectivity index (χ0n) is 12.2. The summed E-state index contributed by atoms with van der Waals surface area (Å²) in [6, 6.07) is 7.85. The summed E-state index contributed by atoms with van der Waals surface area (Å²) < 4.78 is 19.5. The molecule has 1 saturated heterocycles. The van der Waals surface area contributed by atoms with Crippen molar-refractivity contribution in [3.63, 3.8) is 0 Å². The molecule has 1 N–H and O–H groups in total. The van der Waals surface area contributed by atoms with E-state index >= 15 is 0 Å². The fourth-order valence-electron chi connectivity index (χ4n) is 2.52. The van der Waals surface area contributed by atoms with Crippen LogP contribution in [0, 0.1) is 5.82 Å². The third kappa shape index (κ3) is 3.28. The molecule has 1 fully saturated rings. The maximum absolute atomic E-state index is 13.6. The van der Waals surface area contributed by atoms with Crippen LogP contribution in [-0.2, 0) is 4.74 Å². The Morgan fingerprint density at radius 1 is 1.36 bits per heavy atom. The van der Waals surface area contributed by atoms with Gasteiger partial charge in [-0.2, -0.15) is 11.3 Å². The normalized spacial score (nSPS) is 21.6. The van der Waals surface area contributed by atoms with Crippen LogP contribution in [-0.4, -0.2) is 30.1 Å². The average Bonchev–Trinajstić information content (AvgIpc) is 3.03. The van der Waals surface area contributed by atoms with Crippen LogP contribution in [0.15, 0.2) is 41.1 Å². The van der Waals surface area contributed by atoms with E-state index in [-0.39, 0.29) is 23.9 Å². The van der Waals surface area contributed by atoms with E-state index in [2.05, 4.69) is 5.32 Å². The lowest BCUT2D eigenvalue weighted by atomic mass is 10.1. The number of urea groups is 1. The number of anilines is 1. The van der Waals surface area contributed by atoms with E-state index in [4.69, 9.17) is 4.74 Å². The third-order valence-corrected chi connectivity index (χ3v) is 4.28. The Bertz CT molecular complexity index is 647. The second kappa shape index (κ2) is 6.46. The number of amides is 2. The summed E-state index contributed by atoms with van der Waals surface area (Å²) in [7, 11) is 0. The number of nitrogens with zero attached hydrogens (tertiary/aromatic N) is 1. The van der Waals surface area contributed by atoms with Gasteiger partial charge in [-0.25, -0.2) is 9.18 Å². The first-order chi connectivity index (χ1) is 10.6. The number of para-hydroxylation sites is 1. The molecule has 0 bridgehead atoms. The number of halogens is 1. The van der Waals surface area contributed by atoms with Gasteiger partial charge in [-0.1, -0.05) is 12.1 Å². The van der Waals surface area contributed by atoms with Gasteiger partial charge in [0, 0.05) is 6.54 Å². The second-order valence-corrected chi connectivity index (χ2v) is 6.09. The second-order valence-electron chi connectivity index (χ2n) is 5.31. The molecule has 1 aliphatic heterocycles. The summed E-state index contributed by atoms with van der Waals surface area (Å²) in [5, 5.41) is 6.64. The minimum absolute atomic E-state index is 0.0648. The minimum atomic E-state index is -0.438. The first-order valence-corrected chi connectivity index (χ1v) is 8.06. The number of hydrogen-bond donors (Lipinski definition) is 1. The zero-order valence-corrected chi connectivity index (χ0v) is 13.0. The molecule has 1 aliphatic rings. The third-order valence-electron chi connectivity index (χ3n) is 3.58. The van der Waals surface area contributed by atoms with Crippen LogP contribution in [0.2, 0.25) is 0 Å². The van der Waals surface area contributed by atoms with Crippen LogP contribution in [0.5, 0.6) is 0 Å². The van der Waals surface area contributed by atoms with Gasteiger partial charge < -0.3 is 15.0 Å². The Labute approximate surface area is 132 Å². The number of carbonyl (C=O) groups excluding carboxylic acids is 1. The molecule has 1 aromatic carbocycles. The highest BCUT2D eigenvalue weighted by Crippen LogP contribution is 2.27. The van der Waals surface area contributed by atoms with Crippen molar-refractivity contribution in [2.75, 3.05) is 18.4 Å². The number of hydrogen-bond acceptors (Lipinski definition) is 3. The van der Waals surface area contributed by atoms with Gasteiger partial charge in [-0.3, -0.25) is 0 Å². The topological polar surface area (TPSA) is 41.6 Å². The van der Waals surface area contributed by atoms with Gasteiger partial charge >= 0.3 is 6.03 Å². The molecule has 0 spiro atoms. The van der Waals surface area contributed by atoms with Crippen molar-refractivity contribution in [2.24, 2.45) is 0 Å². The average molecular weight is 320 g/mol. The van der Waals surface area contributed by atoms with Gasteiger partial charge in [0.1, 0.15) is 11.9 Å². The van der Waals surface area contributed by atoms with Gasteiger partial charge in [0.15, 0.2) is 0 Å². The van der Waals surface area contributed by atoms with Crippen molar-refractivity contribution in [3.05, 3.63) is 52.5 Å². The number of rotatable bonds is 2. The molecule has 3 rings (SSSR count). The van der Waals surface area contributed by atoms with E-state index in [0.29, 0.717) is 13.1 Å². The fraction of sp³-hybridized carbons (Fsp3) is 0.312. The van der Waals surface area contributed by atoms with Crippen molar-refractivity contribution in [1.29, 1.82) is 0 Å². The smallest absolute Gasteiger partial charge is 0.322 e. The summed E-state index contributed by atoms with van der Waals surface area (Å²) in [5.41, 5.74) is 1.26. The molecular formula is C16H17FN2O2S. The van der Waals surface area contributed by atoms with Gasteiger partial charge in [-0.05, 0) is 41.4 Å². The van der Waals surface area contributed by atoms with Crippen LogP contribution in [0.25, 0.3) is 0 Å². The van der Waals surface area contributed by atoms with Gasteiger partial charge in [0.25, 0.3) is 0 Å². The molecule has 1 aromatic heterocycles. The predicted molar refractivity (Wildman–Crippen MR) is 84.6 cm³/mol. The largest absolute Gasteiger partial charge is 0.367 e. The number of benzene rings is 1. The summed E-state index contributed by atoms with van der Waals surface area (Å²) >= 11 is 1.60. The Balaban J connectivity index is 1.70. The van der Waals surface area contributed by atoms with Crippen molar-refractivity contribution in [1.82, 2.24) is 4.90 Å². The SMILES string of the molecule is C[C@H]1CN(C(=O)Nc2ccccc2F)C[C@@H](c2ccsc2)O1. The van der Waals surface area contributed by atoms with Crippen LogP contribution < -0.4 is 5.32 Å². The monoisotopic (exact) mass is 320 g/mol. The zero-order chi connectivity index (χ0) is 15.5. The number of thiophene rings is 1. The first-order valence-electron chi connectivity index (χ1n) is 7.11. The van der Waals surface area contributed by atoms with E-state index in [1.807, 2.05) is 23.8 Å².